The van der Waals surface area contributed by atoms with Gasteiger partial charge in [-0.15, -0.1) is 13.2 Å². The molecule has 0 spiro atoms. The zero-order chi connectivity index (χ0) is 21.9. The van der Waals surface area contributed by atoms with Gasteiger partial charge in [-0.3, -0.25) is 14.3 Å². The number of alkyl halides is 3. The van der Waals surface area contributed by atoms with Gasteiger partial charge in [0.25, 0.3) is 5.91 Å². The summed E-state index contributed by atoms with van der Waals surface area (Å²) in [4.78, 5) is 26.6. The number of hydrogen-bond acceptors (Lipinski definition) is 5. The van der Waals surface area contributed by atoms with Crippen LogP contribution < -0.4 is 9.46 Å². The lowest BCUT2D eigenvalue weighted by molar-refractivity contribution is -0.274. The van der Waals surface area contributed by atoms with Gasteiger partial charge in [0, 0.05) is 18.7 Å². The van der Waals surface area contributed by atoms with E-state index in [0.717, 1.165) is 12.1 Å². The first kappa shape index (κ1) is 23.0. The molecule has 1 atom stereocenters. The first-order chi connectivity index (χ1) is 13.4. The second kappa shape index (κ2) is 8.60. The van der Waals surface area contributed by atoms with Crippen LogP contribution in [0.1, 0.15) is 43.5 Å². The number of rotatable bonds is 6. The SMILES string of the molecule is CCCS(=O)(=O)NC(=O)C1(C)CCCN(C(=O)c2cccc(OC(F)(F)F)c2)C1. The van der Waals surface area contributed by atoms with Crippen LogP contribution >= 0.6 is 0 Å². The molecular weight excluding hydrogens is 413 g/mol. The van der Waals surface area contributed by atoms with E-state index in [1.807, 2.05) is 0 Å². The number of benzene rings is 1. The predicted octanol–water partition coefficient (Wildman–Crippen LogP) is 2.68. The van der Waals surface area contributed by atoms with Crippen molar-refractivity contribution in [3.8, 4) is 5.75 Å². The molecule has 1 aromatic rings. The molecular formula is C18H23F3N2O5S. The first-order valence-electron chi connectivity index (χ1n) is 9.05. The molecule has 1 fully saturated rings. The minimum absolute atomic E-state index is 0.0185. The number of sulfonamides is 1. The number of likely N-dealkylation sites (tertiary alicyclic amines) is 1. The van der Waals surface area contributed by atoms with Crippen molar-refractivity contribution in [2.45, 2.75) is 39.5 Å². The maximum Gasteiger partial charge on any atom is 0.573 e. The van der Waals surface area contributed by atoms with Crippen molar-refractivity contribution >= 4 is 21.8 Å². The van der Waals surface area contributed by atoms with Crippen molar-refractivity contribution in [3.63, 3.8) is 0 Å². The maximum absolute atomic E-state index is 12.8. The highest BCUT2D eigenvalue weighted by molar-refractivity contribution is 7.90. The third kappa shape index (κ3) is 6.34. The number of carbonyl (C=O) groups is 2. The Morgan fingerprint density at radius 3 is 2.62 bits per heavy atom. The van der Waals surface area contributed by atoms with E-state index in [2.05, 4.69) is 9.46 Å². The van der Waals surface area contributed by atoms with Crippen LogP contribution in [0.25, 0.3) is 0 Å². The van der Waals surface area contributed by atoms with E-state index in [1.54, 1.807) is 13.8 Å². The van der Waals surface area contributed by atoms with E-state index in [1.165, 1.54) is 17.0 Å². The van der Waals surface area contributed by atoms with Crippen LogP contribution in [0.2, 0.25) is 0 Å². The van der Waals surface area contributed by atoms with E-state index in [9.17, 15) is 31.2 Å². The molecule has 1 aliphatic rings. The summed E-state index contributed by atoms with van der Waals surface area (Å²) in [7, 11) is -3.76. The van der Waals surface area contributed by atoms with E-state index in [0.29, 0.717) is 25.8 Å². The summed E-state index contributed by atoms with van der Waals surface area (Å²) in [6.07, 6.45) is -3.71. The number of piperidine rings is 1. The molecule has 1 saturated heterocycles. The molecule has 1 aliphatic heterocycles. The summed E-state index contributed by atoms with van der Waals surface area (Å²) in [5.74, 6) is -1.97. The number of ether oxygens (including phenoxy) is 1. The normalized spacial score (nSPS) is 20.2. The monoisotopic (exact) mass is 436 g/mol. The number of amides is 2. The zero-order valence-electron chi connectivity index (χ0n) is 16.1. The average Bonchev–Trinajstić information content (AvgIpc) is 2.59. The van der Waals surface area contributed by atoms with E-state index in [4.69, 9.17) is 0 Å². The summed E-state index contributed by atoms with van der Waals surface area (Å²) in [6, 6.07) is 4.68. The van der Waals surface area contributed by atoms with Crippen LogP contribution in [0.5, 0.6) is 5.75 Å². The molecule has 11 heteroatoms. The lowest BCUT2D eigenvalue weighted by atomic mass is 9.81. The topological polar surface area (TPSA) is 92.8 Å². The zero-order valence-corrected chi connectivity index (χ0v) is 16.9. The predicted molar refractivity (Wildman–Crippen MR) is 98.6 cm³/mol. The summed E-state index contributed by atoms with van der Waals surface area (Å²) in [5.41, 5.74) is -1.15. The third-order valence-corrected chi connectivity index (χ3v) is 6.01. The highest BCUT2D eigenvalue weighted by Crippen LogP contribution is 2.31. The molecule has 7 nitrogen and oxygen atoms in total. The van der Waals surface area contributed by atoms with Crippen molar-refractivity contribution in [2.75, 3.05) is 18.8 Å². The van der Waals surface area contributed by atoms with Gasteiger partial charge in [-0.2, -0.15) is 0 Å². The number of carbonyl (C=O) groups excluding carboxylic acids is 2. The van der Waals surface area contributed by atoms with Gasteiger partial charge in [0.2, 0.25) is 15.9 Å². The Morgan fingerprint density at radius 2 is 2.00 bits per heavy atom. The highest BCUT2D eigenvalue weighted by atomic mass is 32.2. The Labute approximate surface area is 167 Å². The lowest BCUT2D eigenvalue weighted by Gasteiger charge is -2.39. The van der Waals surface area contributed by atoms with Crippen LogP contribution in [0, 0.1) is 5.41 Å². The fraction of sp³-hybridized carbons (Fsp3) is 0.556. The Hall–Kier alpha value is -2.30. The van der Waals surface area contributed by atoms with Gasteiger partial charge in [-0.25, -0.2) is 8.42 Å². The second-order valence-corrected chi connectivity index (χ2v) is 9.06. The first-order valence-corrected chi connectivity index (χ1v) is 10.7. The number of nitrogens with one attached hydrogen (secondary N) is 1. The lowest BCUT2D eigenvalue weighted by Crippen LogP contribution is -2.53. The van der Waals surface area contributed by atoms with Gasteiger partial charge >= 0.3 is 6.36 Å². The van der Waals surface area contributed by atoms with E-state index < -0.39 is 39.4 Å². The van der Waals surface area contributed by atoms with Gasteiger partial charge in [-0.05, 0) is 44.4 Å². The fourth-order valence-corrected chi connectivity index (χ4v) is 4.36. The molecule has 2 amide bonds. The molecule has 0 aromatic heterocycles. The van der Waals surface area contributed by atoms with Crippen LogP contribution in [0.3, 0.4) is 0 Å². The van der Waals surface area contributed by atoms with Crippen LogP contribution in [-0.2, 0) is 14.8 Å². The van der Waals surface area contributed by atoms with Gasteiger partial charge in [0.1, 0.15) is 5.75 Å². The molecule has 29 heavy (non-hydrogen) atoms. The van der Waals surface area contributed by atoms with Gasteiger partial charge in [-0.1, -0.05) is 13.0 Å². The molecule has 1 aromatic carbocycles. The molecule has 1 heterocycles. The highest BCUT2D eigenvalue weighted by Gasteiger charge is 2.41. The summed E-state index contributed by atoms with van der Waals surface area (Å²) in [6.45, 7) is 3.48. The molecule has 1 N–H and O–H groups in total. The summed E-state index contributed by atoms with van der Waals surface area (Å²) < 4.78 is 66.9. The van der Waals surface area contributed by atoms with E-state index in [-0.39, 0.29) is 17.9 Å². The number of hydrogen-bond donors (Lipinski definition) is 1. The molecule has 2 rings (SSSR count). The fourth-order valence-electron chi connectivity index (χ4n) is 3.19. The van der Waals surface area contributed by atoms with Crippen LogP contribution in [0.15, 0.2) is 24.3 Å². The van der Waals surface area contributed by atoms with Crippen molar-refractivity contribution in [2.24, 2.45) is 5.41 Å². The van der Waals surface area contributed by atoms with E-state index >= 15 is 0 Å². The quantitative estimate of drug-likeness (QED) is 0.740. The summed E-state index contributed by atoms with van der Waals surface area (Å²) in [5, 5.41) is 0. The molecule has 1 unspecified atom stereocenters. The number of halogens is 3. The molecule has 162 valence electrons. The Bertz CT molecular complexity index is 872. The minimum atomic E-state index is -4.88. The van der Waals surface area contributed by atoms with Crippen molar-refractivity contribution < 1.29 is 35.9 Å². The number of nitrogens with zero attached hydrogens (tertiary/aromatic N) is 1. The summed E-state index contributed by atoms with van der Waals surface area (Å²) >= 11 is 0. The average molecular weight is 436 g/mol. The van der Waals surface area contributed by atoms with Gasteiger partial charge in [0.15, 0.2) is 0 Å². The van der Waals surface area contributed by atoms with Crippen molar-refractivity contribution in [1.82, 2.24) is 9.62 Å². The molecule has 0 bridgehead atoms. The van der Waals surface area contributed by atoms with Gasteiger partial charge < -0.3 is 9.64 Å². The molecule has 0 saturated carbocycles. The third-order valence-electron chi connectivity index (χ3n) is 4.57. The van der Waals surface area contributed by atoms with Crippen molar-refractivity contribution in [1.29, 1.82) is 0 Å². The van der Waals surface area contributed by atoms with Gasteiger partial charge in [0.05, 0.1) is 11.2 Å². The largest absolute Gasteiger partial charge is 0.573 e. The maximum atomic E-state index is 12.8. The smallest absolute Gasteiger partial charge is 0.406 e. The van der Waals surface area contributed by atoms with Crippen LogP contribution in [-0.4, -0.2) is 50.3 Å². The Balaban J connectivity index is 2.15. The Morgan fingerprint density at radius 1 is 1.31 bits per heavy atom. The van der Waals surface area contributed by atoms with Crippen LogP contribution in [0.4, 0.5) is 13.2 Å². The standard InChI is InChI=1S/C18H23F3N2O5S/c1-3-10-29(26,27)22-16(25)17(2)8-5-9-23(12-17)15(24)13-6-4-7-14(11-13)28-18(19,20)21/h4,6-7,11H,3,5,8-10,12H2,1-2H3,(H,22,25). The second-order valence-electron chi connectivity index (χ2n) is 7.22. The molecule has 0 radical (unpaired) electrons. The Kier molecular flexibility index (Phi) is 6.82. The van der Waals surface area contributed by atoms with Crippen molar-refractivity contribution in [3.05, 3.63) is 29.8 Å². The molecule has 0 aliphatic carbocycles. The minimum Gasteiger partial charge on any atom is -0.406 e.